The molecule has 0 aliphatic heterocycles. The van der Waals surface area contributed by atoms with Crippen LogP contribution in [0.15, 0.2) is 34.7 Å². The van der Waals surface area contributed by atoms with Crippen LogP contribution in [0, 0.1) is 6.92 Å². The van der Waals surface area contributed by atoms with Crippen molar-refractivity contribution in [2.24, 2.45) is 5.73 Å². The quantitative estimate of drug-likeness (QED) is 0.796. The fraction of sp³-hybridized carbons (Fsp3) is 0.385. The van der Waals surface area contributed by atoms with Crippen LogP contribution < -0.4 is 5.73 Å². The summed E-state index contributed by atoms with van der Waals surface area (Å²) in [5.41, 5.74) is 7.17. The van der Waals surface area contributed by atoms with Gasteiger partial charge in [0, 0.05) is 11.8 Å². The molecule has 2 unspecified atom stereocenters. The van der Waals surface area contributed by atoms with Gasteiger partial charge in [-0.25, -0.2) is 4.98 Å². The SMILES string of the molecule is Cc1nsc(SCC(O)C(N)Cc2ccccc2)n1. The Morgan fingerprint density at radius 1 is 1.37 bits per heavy atom. The number of benzene rings is 1. The van der Waals surface area contributed by atoms with Gasteiger partial charge in [-0.2, -0.15) is 4.37 Å². The van der Waals surface area contributed by atoms with Gasteiger partial charge in [0.15, 0.2) is 4.34 Å². The molecule has 2 atom stereocenters. The third kappa shape index (κ3) is 4.58. The Hall–Kier alpha value is -0.950. The zero-order chi connectivity index (χ0) is 13.7. The Kier molecular flexibility index (Phi) is 5.33. The van der Waals surface area contributed by atoms with Gasteiger partial charge in [-0.3, -0.25) is 0 Å². The molecule has 4 nitrogen and oxygen atoms in total. The highest BCUT2D eigenvalue weighted by Crippen LogP contribution is 2.21. The Morgan fingerprint density at radius 3 is 2.74 bits per heavy atom. The van der Waals surface area contributed by atoms with E-state index in [-0.39, 0.29) is 6.04 Å². The topological polar surface area (TPSA) is 72.0 Å². The van der Waals surface area contributed by atoms with Gasteiger partial charge in [0.05, 0.1) is 6.10 Å². The fourth-order valence-corrected chi connectivity index (χ4v) is 3.35. The van der Waals surface area contributed by atoms with Gasteiger partial charge in [0.1, 0.15) is 5.82 Å². The molecule has 19 heavy (non-hydrogen) atoms. The van der Waals surface area contributed by atoms with Crippen molar-refractivity contribution in [2.45, 2.75) is 29.8 Å². The minimum absolute atomic E-state index is 0.260. The summed E-state index contributed by atoms with van der Waals surface area (Å²) < 4.78 is 4.98. The zero-order valence-electron chi connectivity index (χ0n) is 10.7. The summed E-state index contributed by atoms with van der Waals surface area (Å²) in [4.78, 5) is 4.24. The number of aryl methyl sites for hydroxylation is 1. The number of nitrogens with two attached hydrogens (primary N) is 1. The fourth-order valence-electron chi connectivity index (χ4n) is 1.64. The van der Waals surface area contributed by atoms with Crippen LogP contribution in [-0.4, -0.2) is 32.4 Å². The zero-order valence-corrected chi connectivity index (χ0v) is 12.3. The largest absolute Gasteiger partial charge is 0.391 e. The van der Waals surface area contributed by atoms with Crippen molar-refractivity contribution in [1.29, 1.82) is 0 Å². The van der Waals surface area contributed by atoms with E-state index >= 15 is 0 Å². The second kappa shape index (κ2) is 7.00. The molecule has 0 fully saturated rings. The van der Waals surface area contributed by atoms with E-state index in [4.69, 9.17) is 5.73 Å². The second-order valence-corrected chi connectivity index (χ2v) is 6.36. The average molecular weight is 295 g/mol. The maximum absolute atomic E-state index is 10.1. The molecule has 1 aromatic carbocycles. The first kappa shape index (κ1) is 14.5. The van der Waals surface area contributed by atoms with E-state index in [0.29, 0.717) is 12.2 Å². The number of aliphatic hydroxyl groups excluding tert-OH is 1. The van der Waals surface area contributed by atoms with E-state index in [9.17, 15) is 5.11 Å². The van der Waals surface area contributed by atoms with E-state index in [1.807, 2.05) is 37.3 Å². The van der Waals surface area contributed by atoms with Crippen LogP contribution in [0.4, 0.5) is 0 Å². The van der Waals surface area contributed by atoms with E-state index in [0.717, 1.165) is 15.7 Å². The Morgan fingerprint density at radius 2 is 2.11 bits per heavy atom. The van der Waals surface area contributed by atoms with Crippen molar-refractivity contribution in [1.82, 2.24) is 9.36 Å². The molecule has 102 valence electrons. The van der Waals surface area contributed by atoms with Gasteiger partial charge >= 0.3 is 0 Å². The van der Waals surface area contributed by atoms with Crippen molar-refractivity contribution in [2.75, 3.05) is 5.75 Å². The summed E-state index contributed by atoms with van der Waals surface area (Å²) in [6.07, 6.45) is 0.131. The predicted molar refractivity (Wildman–Crippen MR) is 79.5 cm³/mol. The molecule has 0 radical (unpaired) electrons. The van der Waals surface area contributed by atoms with Gasteiger partial charge < -0.3 is 10.8 Å². The maximum atomic E-state index is 10.1. The monoisotopic (exact) mass is 295 g/mol. The first-order chi connectivity index (χ1) is 9.15. The van der Waals surface area contributed by atoms with Crippen LogP contribution in [0.2, 0.25) is 0 Å². The lowest BCUT2D eigenvalue weighted by Gasteiger charge is -2.17. The highest BCUT2D eigenvalue weighted by molar-refractivity contribution is 8.00. The summed E-state index contributed by atoms with van der Waals surface area (Å²) in [7, 11) is 0. The van der Waals surface area contributed by atoms with Crippen LogP contribution in [0.5, 0.6) is 0 Å². The van der Waals surface area contributed by atoms with Crippen molar-refractivity contribution in [3.63, 3.8) is 0 Å². The highest BCUT2D eigenvalue weighted by atomic mass is 32.2. The number of aliphatic hydroxyl groups is 1. The molecule has 0 bridgehead atoms. The summed E-state index contributed by atoms with van der Waals surface area (Å²) in [6, 6.07) is 9.71. The summed E-state index contributed by atoms with van der Waals surface area (Å²) in [6.45, 7) is 1.86. The molecule has 0 aliphatic rings. The molecule has 6 heteroatoms. The molecular weight excluding hydrogens is 278 g/mol. The summed E-state index contributed by atoms with van der Waals surface area (Å²) >= 11 is 2.86. The van der Waals surface area contributed by atoms with E-state index in [1.165, 1.54) is 23.3 Å². The maximum Gasteiger partial charge on any atom is 0.170 e. The lowest BCUT2D eigenvalue weighted by atomic mass is 10.0. The Balaban J connectivity index is 1.80. The number of thioether (sulfide) groups is 1. The number of hydrogen-bond acceptors (Lipinski definition) is 6. The lowest BCUT2D eigenvalue weighted by molar-refractivity contribution is 0.167. The third-order valence-electron chi connectivity index (χ3n) is 2.69. The number of nitrogens with zero attached hydrogens (tertiary/aromatic N) is 2. The first-order valence-corrected chi connectivity index (χ1v) is 7.81. The molecule has 0 saturated carbocycles. The summed E-state index contributed by atoms with van der Waals surface area (Å²) in [5.74, 6) is 1.32. The number of rotatable bonds is 6. The minimum Gasteiger partial charge on any atom is -0.391 e. The van der Waals surface area contributed by atoms with Crippen LogP contribution >= 0.6 is 23.3 Å². The molecule has 2 aromatic rings. The van der Waals surface area contributed by atoms with E-state index in [1.54, 1.807) is 0 Å². The molecule has 0 amide bonds. The Labute approximate surface area is 121 Å². The van der Waals surface area contributed by atoms with Crippen molar-refractivity contribution in [3.05, 3.63) is 41.7 Å². The smallest absolute Gasteiger partial charge is 0.170 e. The lowest BCUT2D eigenvalue weighted by Crippen LogP contribution is -2.38. The molecule has 2 rings (SSSR count). The van der Waals surface area contributed by atoms with Gasteiger partial charge in [0.2, 0.25) is 0 Å². The average Bonchev–Trinajstić information content (AvgIpc) is 2.83. The van der Waals surface area contributed by atoms with Crippen LogP contribution in [0.1, 0.15) is 11.4 Å². The highest BCUT2D eigenvalue weighted by Gasteiger charge is 2.16. The first-order valence-electron chi connectivity index (χ1n) is 6.06. The molecule has 1 aromatic heterocycles. The minimum atomic E-state index is -0.547. The van der Waals surface area contributed by atoms with E-state index < -0.39 is 6.10 Å². The van der Waals surface area contributed by atoms with Gasteiger partial charge in [0.25, 0.3) is 0 Å². The molecule has 0 aliphatic carbocycles. The van der Waals surface area contributed by atoms with Crippen LogP contribution in [-0.2, 0) is 6.42 Å². The van der Waals surface area contributed by atoms with Crippen LogP contribution in [0.25, 0.3) is 0 Å². The number of hydrogen-bond donors (Lipinski definition) is 2. The molecule has 1 heterocycles. The standard InChI is InChI=1S/C13H17N3OS2/c1-9-15-13(19-16-9)18-8-12(17)11(14)7-10-5-3-2-4-6-10/h2-6,11-12,17H,7-8,14H2,1H3. The van der Waals surface area contributed by atoms with Crippen LogP contribution in [0.3, 0.4) is 0 Å². The third-order valence-corrected chi connectivity index (χ3v) is 4.72. The van der Waals surface area contributed by atoms with E-state index in [2.05, 4.69) is 9.36 Å². The second-order valence-electron chi connectivity index (χ2n) is 4.34. The predicted octanol–water partition coefficient (Wildman–Crippen LogP) is 1.87. The van der Waals surface area contributed by atoms with Gasteiger partial charge in [-0.1, -0.05) is 42.1 Å². The van der Waals surface area contributed by atoms with Crippen molar-refractivity contribution >= 4 is 23.3 Å². The molecule has 3 N–H and O–H groups in total. The molecule has 0 saturated heterocycles. The molecular formula is C13H17N3OS2. The molecule has 0 spiro atoms. The Bertz CT molecular complexity index is 504. The normalized spacial score (nSPS) is 14.3. The van der Waals surface area contributed by atoms with Crippen molar-refractivity contribution in [3.8, 4) is 0 Å². The number of aromatic nitrogens is 2. The summed E-state index contributed by atoms with van der Waals surface area (Å²) in [5, 5.41) is 10.1. The van der Waals surface area contributed by atoms with Crippen molar-refractivity contribution < 1.29 is 5.11 Å². The van der Waals surface area contributed by atoms with Gasteiger partial charge in [-0.15, -0.1) is 0 Å². The van der Waals surface area contributed by atoms with Gasteiger partial charge in [-0.05, 0) is 30.4 Å².